The molecule has 0 aliphatic carbocycles. The number of carbonyl (C=O) groups excluding carboxylic acids is 2. The number of nitrogens with zero attached hydrogens (tertiary/aromatic N) is 4. The van der Waals surface area contributed by atoms with E-state index in [9.17, 15) is 18.4 Å². The van der Waals surface area contributed by atoms with Crippen LogP contribution in [0.2, 0.25) is 0 Å². The number of likely N-dealkylation sites (tertiary alicyclic amines) is 1. The van der Waals surface area contributed by atoms with Crippen molar-refractivity contribution in [3.05, 3.63) is 65.4 Å². The van der Waals surface area contributed by atoms with Crippen LogP contribution in [0, 0.1) is 11.3 Å². The number of anilines is 2. The first-order valence-corrected chi connectivity index (χ1v) is 12.0. The number of nitrogens with one attached hydrogen (secondary N) is 1. The predicted molar refractivity (Wildman–Crippen MR) is 138 cm³/mol. The molecule has 0 unspecified atom stereocenters. The Bertz CT molecular complexity index is 1460. The van der Waals surface area contributed by atoms with E-state index in [1.165, 1.54) is 6.20 Å². The van der Waals surface area contributed by atoms with Gasteiger partial charge in [-0.15, -0.1) is 0 Å². The number of Topliss-reactive ketones (excluding diaryl/α,β-unsaturated/α-hetero) is 1. The molecule has 0 radical (unpaired) electrons. The van der Waals surface area contributed by atoms with Crippen LogP contribution >= 0.6 is 0 Å². The van der Waals surface area contributed by atoms with Gasteiger partial charge in [-0.25, -0.2) is 8.78 Å². The van der Waals surface area contributed by atoms with Crippen molar-refractivity contribution in [2.75, 3.05) is 30.5 Å². The lowest BCUT2D eigenvalue weighted by atomic mass is 10.00. The summed E-state index contributed by atoms with van der Waals surface area (Å²) in [7, 11) is 2.03. The summed E-state index contributed by atoms with van der Waals surface area (Å²) in [6, 6.07) is 14.0. The van der Waals surface area contributed by atoms with Crippen LogP contribution in [0.5, 0.6) is 0 Å². The molecule has 1 aromatic heterocycles. The molecule has 9 heteroatoms. The molecule has 1 saturated heterocycles. The number of aromatic nitrogens is 1. The minimum absolute atomic E-state index is 0.144. The molecule has 1 atom stereocenters. The normalized spacial score (nSPS) is 18.2. The van der Waals surface area contributed by atoms with E-state index in [4.69, 9.17) is 5.26 Å². The number of pyridine rings is 1. The lowest BCUT2D eigenvalue weighted by Gasteiger charge is -2.18. The third-order valence-corrected chi connectivity index (χ3v) is 6.78. The van der Waals surface area contributed by atoms with E-state index in [1.807, 2.05) is 43.5 Å². The average molecular weight is 502 g/mol. The van der Waals surface area contributed by atoms with E-state index in [2.05, 4.69) is 27.3 Å². The van der Waals surface area contributed by atoms with Crippen molar-refractivity contribution in [1.29, 1.82) is 5.26 Å². The zero-order valence-corrected chi connectivity index (χ0v) is 20.2. The number of halogens is 2. The molecule has 188 valence electrons. The van der Waals surface area contributed by atoms with Crippen molar-refractivity contribution < 1.29 is 18.4 Å². The van der Waals surface area contributed by atoms with Gasteiger partial charge in [-0.2, -0.15) is 5.26 Å². The van der Waals surface area contributed by atoms with Crippen LogP contribution in [0.3, 0.4) is 0 Å². The van der Waals surface area contributed by atoms with Crippen molar-refractivity contribution in [3.8, 4) is 6.07 Å². The highest BCUT2D eigenvalue weighted by molar-refractivity contribution is 6.08. The summed E-state index contributed by atoms with van der Waals surface area (Å²) in [4.78, 5) is 32.9. The van der Waals surface area contributed by atoms with Crippen molar-refractivity contribution in [2.45, 2.75) is 31.2 Å². The van der Waals surface area contributed by atoms with Gasteiger partial charge in [0.1, 0.15) is 6.04 Å². The number of rotatable bonds is 6. The summed E-state index contributed by atoms with van der Waals surface area (Å²) < 4.78 is 27.4. The molecule has 3 heterocycles. The van der Waals surface area contributed by atoms with Crippen LogP contribution in [0.4, 0.5) is 20.2 Å². The molecule has 2 aromatic carbocycles. The summed E-state index contributed by atoms with van der Waals surface area (Å²) in [6.45, 7) is -0.0187. The van der Waals surface area contributed by atoms with Crippen molar-refractivity contribution in [2.24, 2.45) is 0 Å². The van der Waals surface area contributed by atoms with Crippen molar-refractivity contribution in [3.63, 3.8) is 0 Å². The fourth-order valence-electron chi connectivity index (χ4n) is 4.82. The van der Waals surface area contributed by atoms with Crippen LogP contribution in [-0.2, 0) is 4.79 Å². The van der Waals surface area contributed by atoms with E-state index < -0.39 is 30.8 Å². The molecular weight excluding hydrogens is 476 g/mol. The number of benzene rings is 2. The maximum Gasteiger partial charge on any atom is 0.268 e. The van der Waals surface area contributed by atoms with Gasteiger partial charge in [0.05, 0.1) is 36.2 Å². The molecule has 1 amide bonds. The van der Waals surface area contributed by atoms with Crippen LogP contribution in [-0.4, -0.2) is 53.8 Å². The zero-order valence-electron chi connectivity index (χ0n) is 20.2. The Hall–Kier alpha value is -4.32. The minimum atomic E-state index is -3.09. The highest BCUT2D eigenvalue weighted by Gasteiger charge is 2.47. The second kappa shape index (κ2) is 9.62. The first kappa shape index (κ1) is 24.4. The van der Waals surface area contributed by atoms with Gasteiger partial charge in [0.2, 0.25) is 5.91 Å². The monoisotopic (exact) mass is 501 g/mol. The maximum absolute atomic E-state index is 13.7. The van der Waals surface area contributed by atoms with Gasteiger partial charge >= 0.3 is 0 Å². The maximum atomic E-state index is 13.7. The van der Waals surface area contributed by atoms with Crippen molar-refractivity contribution in [1.82, 2.24) is 9.88 Å². The van der Waals surface area contributed by atoms with Crippen LogP contribution in [0.1, 0.15) is 40.7 Å². The van der Waals surface area contributed by atoms with E-state index in [0.717, 1.165) is 34.1 Å². The zero-order chi connectivity index (χ0) is 26.2. The summed E-state index contributed by atoms with van der Waals surface area (Å²) in [5.41, 5.74) is 5.20. The Kier molecular flexibility index (Phi) is 6.34. The molecule has 0 bridgehead atoms. The molecule has 2 aliphatic rings. The van der Waals surface area contributed by atoms with Crippen LogP contribution < -0.4 is 10.2 Å². The number of amides is 1. The Morgan fingerprint density at radius 3 is 2.70 bits per heavy atom. The highest BCUT2D eigenvalue weighted by atomic mass is 19.3. The predicted octanol–water partition coefficient (Wildman–Crippen LogP) is 4.95. The Morgan fingerprint density at radius 2 is 1.92 bits per heavy atom. The first-order chi connectivity index (χ1) is 17.7. The largest absolute Gasteiger partial charge is 0.366 e. The molecule has 7 nitrogen and oxygen atoms in total. The fraction of sp³-hybridized carbons (Fsp3) is 0.286. The number of ketones is 1. The van der Waals surface area contributed by atoms with Gasteiger partial charge in [-0.05, 0) is 41.5 Å². The number of carbonyl (C=O) groups is 2. The Balaban J connectivity index is 1.31. The molecule has 37 heavy (non-hydrogen) atoms. The third kappa shape index (κ3) is 5.00. The number of fused-ring (bicyclic) bond motifs is 2. The summed E-state index contributed by atoms with van der Waals surface area (Å²) in [5, 5.41) is 13.1. The van der Waals surface area contributed by atoms with Gasteiger partial charge < -0.3 is 15.1 Å². The lowest BCUT2D eigenvalue weighted by molar-refractivity contribution is -0.132. The second-order valence-electron chi connectivity index (χ2n) is 9.43. The SMILES string of the molecule is CN1CNc2cc(/C=C/c3ccc4nccc(C(=O)CCC(=O)N5CC(F)(F)C[C@H]5C#N)c4c3)ccc21. The quantitative estimate of drug-likeness (QED) is 0.380. The summed E-state index contributed by atoms with van der Waals surface area (Å²) >= 11 is 0. The van der Waals surface area contributed by atoms with E-state index >= 15 is 0 Å². The summed E-state index contributed by atoms with van der Waals surface area (Å²) in [6.07, 6.45) is 4.43. The molecule has 1 fully saturated rings. The minimum Gasteiger partial charge on any atom is -0.366 e. The standard InChI is InChI=1S/C28H25F2N5O2/c1-34-17-33-24-13-19(5-7-25(24)34)3-2-18-4-6-23-22(12-18)21(10-11-32-23)26(36)8-9-27(37)35-16-28(29,30)14-20(35)15-31/h2-7,10-13,20,33H,8-9,14,16-17H2,1H3/b3-2+/t20-/m0/s1. The number of nitriles is 1. The van der Waals surface area contributed by atoms with Gasteiger partial charge in [0, 0.05) is 43.5 Å². The van der Waals surface area contributed by atoms with Crippen LogP contribution in [0.15, 0.2) is 48.7 Å². The Labute approximate surface area is 213 Å². The highest BCUT2D eigenvalue weighted by Crippen LogP contribution is 2.33. The van der Waals surface area contributed by atoms with Gasteiger partial charge in [0.25, 0.3) is 5.92 Å². The number of hydrogen-bond acceptors (Lipinski definition) is 6. The fourth-order valence-corrected chi connectivity index (χ4v) is 4.82. The molecule has 1 N–H and O–H groups in total. The number of alkyl halides is 2. The van der Waals surface area contributed by atoms with E-state index in [-0.39, 0.29) is 18.6 Å². The van der Waals surface area contributed by atoms with Gasteiger partial charge in [-0.1, -0.05) is 24.3 Å². The number of hydrogen-bond donors (Lipinski definition) is 1. The molecule has 5 rings (SSSR count). The van der Waals surface area contributed by atoms with Gasteiger partial charge in [-0.3, -0.25) is 14.6 Å². The second-order valence-corrected chi connectivity index (χ2v) is 9.43. The van der Waals surface area contributed by atoms with E-state index in [0.29, 0.717) is 16.5 Å². The van der Waals surface area contributed by atoms with Crippen LogP contribution in [0.25, 0.3) is 23.1 Å². The first-order valence-electron chi connectivity index (χ1n) is 12.0. The summed E-state index contributed by atoms with van der Waals surface area (Å²) in [5.74, 6) is -3.98. The topological polar surface area (TPSA) is 89.3 Å². The van der Waals surface area contributed by atoms with Crippen molar-refractivity contribution >= 4 is 46.1 Å². The molecule has 2 aliphatic heterocycles. The molecule has 0 spiro atoms. The lowest BCUT2D eigenvalue weighted by Crippen LogP contribution is -2.36. The third-order valence-electron chi connectivity index (χ3n) is 6.78. The van der Waals surface area contributed by atoms with E-state index in [1.54, 1.807) is 12.1 Å². The smallest absolute Gasteiger partial charge is 0.268 e. The molecule has 0 saturated carbocycles. The average Bonchev–Trinajstić information content (AvgIpc) is 3.43. The molecular formula is C28H25F2N5O2. The van der Waals surface area contributed by atoms with Gasteiger partial charge in [0.15, 0.2) is 5.78 Å². The Morgan fingerprint density at radius 1 is 1.16 bits per heavy atom. The molecule has 3 aromatic rings.